The van der Waals surface area contributed by atoms with Gasteiger partial charge in [-0.2, -0.15) is 0 Å². The molecule has 10 aromatic rings. The lowest BCUT2D eigenvalue weighted by Crippen LogP contribution is -2.00. The molecule has 0 radical (unpaired) electrons. The largest absolute Gasteiger partial charge is 0.456 e. The maximum atomic E-state index is 6.55. The molecule has 10 rings (SSSR count). The van der Waals surface area contributed by atoms with E-state index in [-0.39, 0.29) is 0 Å². The number of rotatable bonds is 5. The fourth-order valence-electron chi connectivity index (χ4n) is 7.22. The molecule has 50 heavy (non-hydrogen) atoms. The second-order valence-corrected chi connectivity index (χ2v) is 12.4. The monoisotopic (exact) mass is 640 g/mol. The zero-order valence-corrected chi connectivity index (χ0v) is 26.9. The smallest absolute Gasteiger partial charge is 0.164 e. The number of benzene rings is 7. The van der Waals surface area contributed by atoms with E-state index in [1.54, 1.807) is 0 Å². The molecule has 3 aromatic heterocycles. The summed E-state index contributed by atoms with van der Waals surface area (Å²) < 4.78 is 8.89. The number of hydrogen-bond donors (Lipinski definition) is 0. The summed E-state index contributed by atoms with van der Waals surface area (Å²) in [6.45, 7) is 0. The number of para-hydroxylation sites is 2. The van der Waals surface area contributed by atoms with Crippen LogP contribution in [0.15, 0.2) is 174 Å². The third-order valence-corrected chi connectivity index (χ3v) is 9.46. The molecule has 0 atom stereocenters. The van der Waals surface area contributed by atoms with Gasteiger partial charge in [0.2, 0.25) is 0 Å². The van der Waals surface area contributed by atoms with E-state index in [9.17, 15) is 0 Å². The zero-order valence-electron chi connectivity index (χ0n) is 26.9. The summed E-state index contributed by atoms with van der Waals surface area (Å²) >= 11 is 0. The van der Waals surface area contributed by atoms with Gasteiger partial charge in [-0.15, -0.1) is 0 Å². The van der Waals surface area contributed by atoms with E-state index in [4.69, 9.17) is 19.4 Å². The molecule has 5 nitrogen and oxygen atoms in total. The highest BCUT2D eigenvalue weighted by Crippen LogP contribution is 2.43. The number of furan rings is 1. The average molecular weight is 641 g/mol. The van der Waals surface area contributed by atoms with Crippen molar-refractivity contribution < 1.29 is 4.42 Å². The van der Waals surface area contributed by atoms with E-state index >= 15 is 0 Å². The third kappa shape index (κ3) is 4.52. The predicted molar refractivity (Wildman–Crippen MR) is 203 cm³/mol. The highest BCUT2D eigenvalue weighted by atomic mass is 16.3. The molecule has 3 heterocycles. The van der Waals surface area contributed by atoms with E-state index < -0.39 is 0 Å². The van der Waals surface area contributed by atoms with Crippen LogP contribution in [0.4, 0.5) is 0 Å². The van der Waals surface area contributed by atoms with Crippen LogP contribution >= 0.6 is 0 Å². The zero-order chi connectivity index (χ0) is 33.0. The Morgan fingerprint density at radius 1 is 0.380 bits per heavy atom. The van der Waals surface area contributed by atoms with Crippen LogP contribution in [0.3, 0.4) is 0 Å². The SMILES string of the molecule is c1ccc(-c2nc(-c3ccccc3)nc(-c3cccc4oc5cccc(-c6ccc7c(c6)c6ccccc6n7-c6ccccc6)c5c34)n2)cc1. The molecule has 0 saturated heterocycles. The molecule has 0 N–H and O–H groups in total. The van der Waals surface area contributed by atoms with Gasteiger partial charge >= 0.3 is 0 Å². The van der Waals surface area contributed by atoms with Crippen LogP contribution in [0.5, 0.6) is 0 Å². The van der Waals surface area contributed by atoms with Gasteiger partial charge < -0.3 is 8.98 Å². The normalized spacial score (nSPS) is 11.6. The van der Waals surface area contributed by atoms with Crippen LogP contribution < -0.4 is 0 Å². The Bertz CT molecular complexity index is 2800. The molecule has 0 spiro atoms. The lowest BCUT2D eigenvalue weighted by Gasteiger charge is -2.10. The minimum absolute atomic E-state index is 0.599. The van der Waals surface area contributed by atoms with Gasteiger partial charge in [0.1, 0.15) is 11.2 Å². The average Bonchev–Trinajstić information content (AvgIpc) is 3.74. The fraction of sp³-hybridized carbons (Fsp3) is 0. The molecule has 0 fully saturated rings. The van der Waals surface area contributed by atoms with Gasteiger partial charge in [-0.05, 0) is 53.6 Å². The number of nitrogens with zero attached hydrogens (tertiary/aromatic N) is 4. The molecule has 0 bridgehead atoms. The Labute approximate surface area is 287 Å². The Hall–Kier alpha value is -6.85. The van der Waals surface area contributed by atoms with Gasteiger partial charge in [-0.25, -0.2) is 15.0 Å². The maximum Gasteiger partial charge on any atom is 0.164 e. The van der Waals surface area contributed by atoms with Crippen molar-refractivity contribution in [2.75, 3.05) is 0 Å². The van der Waals surface area contributed by atoms with Gasteiger partial charge in [0, 0.05) is 43.9 Å². The Morgan fingerprint density at radius 2 is 0.920 bits per heavy atom. The van der Waals surface area contributed by atoms with Crippen LogP contribution in [0.2, 0.25) is 0 Å². The van der Waals surface area contributed by atoms with Crippen LogP contribution in [0.1, 0.15) is 0 Å². The second kappa shape index (κ2) is 11.4. The first-order valence-electron chi connectivity index (χ1n) is 16.7. The van der Waals surface area contributed by atoms with E-state index in [2.05, 4.69) is 95.6 Å². The van der Waals surface area contributed by atoms with E-state index in [0.717, 1.165) is 61.0 Å². The van der Waals surface area contributed by atoms with E-state index in [1.807, 2.05) is 78.9 Å². The summed E-state index contributed by atoms with van der Waals surface area (Å²) in [5, 5.41) is 4.43. The van der Waals surface area contributed by atoms with Crippen molar-refractivity contribution in [2.45, 2.75) is 0 Å². The summed E-state index contributed by atoms with van der Waals surface area (Å²) in [4.78, 5) is 15.1. The van der Waals surface area contributed by atoms with Gasteiger partial charge in [0.25, 0.3) is 0 Å². The fourth-order valence-corrected chi connectivity index (χ4v) is 7.22. The molecular weight excluding hydrogens is 613 g/mol. The molecule has 0 aliphatic carbocycles. The predicted octanol–water partition coefficient (Wildman–Crippen LogP) is 11.5. The number of hydrogen-bond acceptors (Lipinski definition) is 4. The van der Waals surface area contributed by atoms with E-state index in [0.29, 0.717) is 17.5 Å². The Balaban J connectivity index is 1.22. The van der Waals surface area contributed by atoms with Crippen molar-refractivity contribution in [3.63, 3.8) is 0 Å². The topological polar surface area (TPSA) is 56.7 Å². The number of aromatic nitrogens is 4. The standard InChI is InChI=1S/C45H28N4O/c1-4-14-29(15-5-1)43-46-44(30-16-6-2-7-17-30)48-45(47-43)35-22-13-25-40-42(35)41-33(21-12-24-39(41)50-40)31-26-27-38-36(28-31)34-20-10-11-23-37(34)49(38)32-18-8-3-9-19-32/h1-28H. The molecule has 234 valence electrons. The quantitative estimate of drug-likeness (QED) is 0.188. The van der Waals surface area contributed by atoms with Crippen molar-refractivity contribution in [3.05, 3.63) is 170 Å². The van der Waals surface area contributed by atoms with Gasteiger partial charge in [-0.1, -0.05) is 127 Å². The summed E-state index contributed by atoms with van der Waals surface area (Å²) in [7, 11) is 0. The first kappa shape index (κ1) is 28.2. The van der Waals surface area contributed by atoms with Crippen molar-refractivity contribution >= 4 is 43.7 Å². The summed E-state index contributed by atoms with van der Waals surface area (Å²) in [5.41, 5.74) is 10.1. The summed E-state index contributed by atoms with van der Waals surface area (Å²) in [6.07, 6.45) is 0. The third-order valence-electron chi connectivity index (χ3n) is 9.46. The van der Waals surface area contributed by atoms with Gasteiger partial charge in [0.15, 0.2) is 17.5 Å². The van der Waals surface area contributed by atoms with E-state index in [1.165, 1.54) is 16.3 Å². The summed E-state index contributed by atoms with van der Waals surface area (Å²) in [5.74, 6) is 1.85. The van der Waals surface area contributed by atoms with Crippen LogP contribution in [-0.4, -0.2) is 19.5 Å². The van der Waals surface area contributed by atoms with Crippen molar-refractivity contribution in [3.8, 4) is 51.0 Å². The molecule has 0 aliphatic rings. The van der Waals surface area contributed by atoms with Crippen LogP contribution in [0, 0.1) is 0 Å². The lowest BCUT2D eigenvalue weighted by molar-refractivity contribution is 0.669. The minimum Gasteiger partial charge on any atom is -0.456 e. The first-order valence-corrected chi connectivity index (χ1v) is 16.7. The highest BCUT2D eigenvalue weighted by molar-refractivity contribution is 6.18. The number of fused-ring (bicyclic) bond motifs is 6. The van der Waals surface area contributed by atoms with Gasteiger partial charge in [-0.3, -0.25) is 0 Å². The van der Waals surface area contributed by atoms with Crippen LogP contribution in [0.25, 0.3) is 94.7 Å². The van der Waals surface area contributed by atoms with Gasteiger partial charge in [0.05, 0.1) is 11.0 Å². The molecule has 0 aliphatic heterocycles. The molecular formula is C45H28N4O. The van der Waals surface area contributed by atoms with Crippen LogP contribution in [-0.2, 0) is 0 Å². The molecule has 0 amide bonds. The Morgan fingerprint density at radius 3 is 1.60 bits per heavy atom. The maximum absolute atomic E-state index is 6.55. The highest BCUT2D eigenvalue weighted by Gasteiger charge is 2.21. The molecule has 0 unspecified atom stereocenters. The van der Waals surface area contributed by atoms with Crippen molar-refractivity contribution in [2.24, 2.45) is 0 Å². The van der Waals surface area contributed by atoms with Crippen molar-refractivity contribution in [1.29, 1.82) is 0 Å². The van der Waals surface area contributed by atoms with Crippen molar-refractivity contribution in [1.82, 2.24) is 19.5 Å². The first-order chi connectivity index (χ1) is 24.8. The Kier molecular flexibility index (Phi) is 6.42. The minimum atomic E-state index is 0.599. The molecule has 0 saturated carbocycles. The molecule has 5 heteroatoms. The molecule has 7 aromatic carbocycles. The second-order valence-electron chi connectivity index (χ2n) is 12.4. The lowest BCUT2D eigenvalue weighted by atomic mass is 9.96. The summed E-state index contributed by atoms with van der Waals surface area (Å²) in [6, 6.07) is 58.5.